The van der Waals surface area contributed by atoms with E-state index in [0.29, 0.717) is 0 Å². The summed E-state index contributed by atoms with van der Waals surface area (Å²) >= 11 is 0. The van der Waals surface area contributed by atoms with Crippen molar-refractivity contribution >= 4 is 21.8 Å². The summed E-state index contributed by atoms with van der Waals surface area (Å²) in [5, 5.41) is 12.0. The van der Waals surface area contributed by atoms with Crippen molar-refractivity contribution in [2.75, 3.05) is 0 Å². The van der Waals surface area contributed by atoms with Crippen molar-refractivity contribution in [1.82, 2.24) is 19.3 Å². The van der Waals surface area contributed by atoms with E-state index in [-0.39, 0.29) is 0 Å². The summed E-state index contributed by atoms with van der Waals surface area (Å²) in [6.45, 7) is 2.38. The van der Waals surface area contributed by atoms with Crippen LogP contribution in [0.1, 0.15) is 18.4 Å². The minimum absolute atomic E-state index is 0.765. The summed E-state index contributed by atoms with van der Waals surface area (Å²) in [5.41, 5.74) is 8.18. The molecule has 0 spiro atoms. The van der Waals surface area contributed by atoms with Crippen LogP contribution in [0.25, 0.3) is 56.0 Å². The van der Waals surface area contributed by atoms with E-state index in [2.05, 4.69) is 137 Å². The van der Waals surface area contributed by atoms with Gasteiger partial charge in [0.25, 0.3) is 0 Å². The molecule has 2 aromatic heterocycles. The molecule has 2 aliphatic rings. The minimum atomic E-state index is 0.765. The summed E-state index contributed by atoms with van der Waals surface area (Å²) in [4.78, 5) is 0. The average molecular weight is 529 g/mol. The van der Waals surface area contributed by atoms with Crippen LogP contribution in [-0.2, 0) is 0 Å². The topological polar surface area (TPSA) is 35.6 Å². The van der Waals surface area contributed by atoms with Gasteiger partial charge >= 0.3 is 0 Å². The van der Waals surface area contributed by atoms with Crippen molar-refractivity contribution in [2.45, 2.75) is 12.8 Å². The second-order valence-corrected chi connectivity index (χ2v) is 11.6. The summed E-state index contributed by atoms with van der Waals surface area (Å²) < 4.78 is 4.54. The normalized spacial score (nSPS) is 20.8. The standard InChI is InChI=1S/C37H28N4/c1-23-33-34(23)35(33)24-15-19-28(20-16-24)41-36(25-9-3-2-4-10-25)38-39-37(41)26-17-21-27(22-18-26)40-31-13-7-5-11-29(31)30-12-6-8-14-32(30)40/h2-23,33-35H,1H3. The van der Waals surface area contributed by atoms with Crippen molar-refractivity contribution in [3.05, 3.63) is 133 Å². The van der Waals surface area contributed by atoms with E-state index in [1.165, 1.54) is 27.4 Å². The van der Waals surface area contributed by atoms with E-state index in [1.807, 2.05) is 6.07 Å². The van der Waals surface area contributed by atoms with Crippen LogP contribution in [0.5, 0.6) is 0 Å². The van der Waals surface area contributed by atoms with Gasteiger partial charge in [-0.1, -0.05) is 85.8 Å². The summed E-state index contributed by atoms with van der Waals surface area (Å²) in [5.74, 6) is 5.20. The monoisotopic (exact) mass is 528 g/mol. The van der Waals surface area contributed by atoms with Gasteiger partial charge in [0.15, 0.2) is 11.6 Å². The Morgan fingerprint density at radius 3 is 1.56 bits per heavy atom. The maximum Gasteiger partial charge on any atom is 0.168 e. The number of hydrogen-bond acceptors (Lipinski definition) is 2. The van der Waals surface area contributed by atoms with Crippen LogP contribution in [0, 0.1) is 17.8 Å². The fourth-order valence-electron chi connectivity index (χ4n) is 7.13. The van der Waals surface area contributed by atoms with Gasteiger partial charge in [-0.05, 0) is 77.8 Å². The predicted octanol–water partition coefficient (Wildman–Crippen LogP) is 8.68. The predicted molar refractivity (Wildman–Crippen MR) is 165 cm³/mol. The van der Waals surface area contributed by atoms with Gasteiger partial charge in [0.05, 0.1) is 11.0 Å². The number of benzene rings is 5. The lowest BCUT2D eigenvalue weighted by Crippen LogP contribution is -2.02. The molecule has 2 unspecified atom stereocenters. The third-order valence-electron chi connectivity index (χ3n) is 9.40. The Bertz CT molecular complexity index is 2000. The molecule has 5 aromatic carbocycles. The Hall–Kier alpha value is -4.96. The molecule has 4 heteroatoms. The zero-order valence-corrected chi connectivity index (χ0v) is 22.7. The zero-order chi connectivity index (χ0) is 27.1. The van der Waals surface area contributed by atoms with E-state index in [4.69, 9.17) is 10.2 Å². The molecule has 2 fully saturated rings. The molecule has 4 nitrogen and oxygen atoms in total. The maximum atomic E-state index is 4.74. The minimum Gasteiger partial charge on any atom is -0.309 e. The number of hydrogen-bond donors (Lipinski definition) is 0. The molecule has 0 radical (unpaired) electrons. The zero-order valence-electron chi connectivity index (χ0n) is 22.7. The van der Waals surface area contributed by atoms with Crippen LogP contribution >= 0.6 is 0 Å². The summed E-state index contributed by atoms with van der Waals surface area (Å²) in [6.07, 6.45) is 0. The number of nitrogens with zero attached hydrogens (tertiary/aromatic N) is 4. The van der Waals surface area contributed by atoms with Crippen LogP contribution in [0.3, 0.4) is 0 Å². The fraction of sp³-hybridized carbons (Fsp3) is 0.135. The van der Waals surface area contributed by atoms with E-state index in [0.717, 1.165) is 57.8 Å². The molecule has 0 aliphatic heterocycles. The van der Waals surface area contributed by atoms with Gasteiger partial charge in [-0.25, -0.2) is 0 Å². The molecular formula is C37H28N4. The highest BCUT2D eigenvalue weighted by Crippen LogP contribution is 2.77. The van der Waals surface area contributed by atoms with E-state index < -0.39 is 0 Å². The van der Waals surface area contributed by atoms with Crippen molar-refractivity contribution in [2.24, 2.45) is 17.8 Å². The lowest BCUT2D eigenvalue weighted by Gasteiger charge is -2.14. The van der Waals surface area contributed by atoms with Gasteiger partial charge in [0.1, 0.15) is 0 Å². The number of para-hydroxylation sites is 2. The second-order valence-electron chi connectivity index (χ2n) is 11.6. The van der Waals surface area contributed by atoms with Crippen LogP contribution in [-0.4, -0.2) is 19.3 Å². The molecule has 2 heterocycles. The molecule has 0 amide bonds. The average Bonchev–Trinajstić information content (AvgIpc) is 3.84. The van der Waals surface area contributed by atoms with E-state index in [1.54, 1.807) is 0 Å². The number of fused-ring (bicyclic) bond motifs is 4. The molecular weight excluding hydrogens is 500 g/mol. The Morgan fingerprint density at radius 1 is 0.488 bits per heavy atom. The van der Waals surface area contributed by atoms with Crippen LogP contribution in [0.2, 0.25) is 0 Å². The molecule has 0 saturated heterocycles. The second kappa shape index (κ2) is 8.52. The Kier molecular flexibility index (Phi) is 4.74. The highest BCUT2D eigenvalue weighted by Gasteiger charge is 2.70. The van der Waals surface area contributed by atoms with Crippen molar-refractivity contribution in [3.8, 4) is 34.2 Å². The molecule has 0 N–H and O–H groups in total. The molecule has 9 rings (SSSR count). The van der Waals surface area contributed by atoms with Gasteiger partial charge in [0.2, 0.25) is 0 Å². The van der Waals surface area contributed by atoms with Crippen LogP contribution < -0.4 is 0 Å². The quantitative estimate of drug-likeness (QED) is 0.224. The number of rotatable bonds is 5. The largest absolute Gasteiger partial charge is 0.309 e. The van der Waals surface area contributed by atoms with Crippen molar-refractivity contribution in [3.63, 3.8) is 0 Å². The summed E-state index contributed by atoms with van der Waals surface area (Å²) in [6, 6.07) is 45.4. The van der Waals surface area contributed by atoms with Gasteiger partial charge in [-0.15, -0.1) is 10.2 Å². The Labute approximate surface area is 238 Å². The van der Waals surface area contributed by atoms with Gasteiger partial charge in [-0.2, -0.15) is 0 Å². The van der Waals surface area contributed by atoms with Gasteiger partial charge in [0, 0.05) is 33.3 Å². The molecule has 196 valence electrons. The SMILES string of the molecule is CC1C2C(c3ccc(-n4c(-c5ccccc5)nnc4-c4ccc(-n5c6ccccc6c6ccccc65)cc4)cc3)C12. The van der Waals surface area contributed by atoms with Crippen molar-refractivity contribution < 1.29 is 0 Å². The highest BCUT2D eigenvalue weighted by atomic mass is 15.3. The molecule has 2 saturated carbocycles. The lowest BCUT2D eigenvalue weighted by molar-refractivity contribution is 0.607. The van der Waals surface area contributed by atoms with E-state index >= 15 is 0 Å². The first kappa shape index (κ1) is 22.8. The molecule has 2 aliphatic carbocycles. The Morgan fingerprint density at radius 2 is 0.976 bits per heavy atom. The number of aromatic nitrogens is 4. The van der Waals surface area contributed by atoms with E-state index in [9.17, 15) is 0 Å². The lowest BCUT2D eigenvalue weighted by atomic mass is 9.98. The molecule has 41 heavy (non-hydrogen) atoms. The summed E-state index contributed by atoms with van der Waals surface area (Å²) in [7, 11) is 0. The third kappa shape index (κ3) is 3.40. The van der Waals surface area contributed by atoms with Crippen LogP contribution in [0.4, 0.5) is 0 Å². The first-order valence-corrected chi connectivity index (χ1v) is 14.5. The van der Waals surface area contributed by atoms with Crippen molar-refractivity contribution in [1.29, 1.82) is 0 Å². The molecule has 0 bridgehead atoms. The third-order valence-corrected chi connectivity index (χ3v) is 9.40. The fourth-order valence-corrected chi connectivity index (χ4v) is 7.13. The van der Waals surface area contributed by atoms with Gasteiger partial charge < -0.3 is 4.57 Å². The van der Waals surface area contributed by atoms with Gasteiger partial charge in [-0.3, -0.25) is 4.57 Å². The molecule has 7 aromatic rings. The maximum absolute atomic E-state index is 4.74. The first-order valence-electron chi connectivity index (χ1n) is 14.5. The van der Waals surface area contributed by atoms with Crippen LogP contribution in [0.15, 0.2) is 127 Å². The molecule has 2 atom stereocenters. The highest BCUT2D eigenvalue weighted by molar-refractivity contribution is 6.09. The first-order chi connectivity index (χ1) is 20.3. The smallest absolute Gasteiger partial charge is 0.168 e. The Balaban J connectivity index is 1.15.